The summed E-state index contributed by atoms with van der Waals surface area (Å²) in [7, 11) is 1.49. The van der Waals surface area contributed by atoms with Gasteiger partial charge in [-0.1, -0.05) is 19.0 Å². The molecule has 1 unspecified atom stereocenters. The number of oxime groups is 1. The monoisotopic (exact) mass is 265 g/mol. The van der Waals surface area contributed by atoms with Crippen molar-refractivity contribution in [2.45, 2.75) is 20.3 Å². The molecule has 4 N–H and O–H groups in total. The highest BCUT2D eigenvalue weighted by Crippen LogP contribution is 2.26. The summed E-state index contributed by atoms with van der Waals surface area (Å²) in [6.45, 7) is 3.80. The molecule has 1 rings (SSSR count). The molecule has 0 bridgehead atoms. The fraction of sp³-hybridized carbons (Fsp3) is 0.385. The molecule has 1 atom stereocenters. The van der Waals surface area contributed by atoms with E-state index in [0.29, 0.717) is 17.0 Å². The molecule has 0 saturated carbocycles. The first-order valence-electron chi connectivity index (χ1n) is 6.00. The second-order valence-corrected chi connectivity index (χ2v) is 4.20. The highest BCUT2D eigenvalue weighted by atomic mass is 16.5. The van der Waals surface area contributed by atoms with Crippen molar-refractivity contribution in [3.8, 4) is 5.75 Å². The van der Waals surface area contributed by atoms with Crippen LogP contribution >= 0.6 is 0 Å². The molecule has 6 nitrogen and oxygen atoms in total. The van der Waals surface area contributed by atoms with Crippen molar-refractivity contribution in [1.82, 2.24) is 0 Å². The smallest absolute Gasteiger partial charge is 0.227 e. The number of carbonyl (C=O) groups excluding carboxylic acids is 1. The van der Waals surface area contributed by atoms with E-state index in [1.807, 2.05) is 13.8 Å². The van der Waals surface area contributed by atoms with Gasteiger partial charge in [-0.25, -0.2) is 0 Å². The van der Waals surface area contributed by atoms with Crippen LogP contribution in [-0.2, 0) is 4.79 Å². The number of nitrogens with zero attached hydrogens (tertiary/aromatic N) is 1. The van der Waals surface area contributed by atoms with Crippen LogP contribution in [0.3, 0.4) is 0 Å². The Labute approximate surface area is 112 Å². The van der Waals surface area contributed by atoms with Gasteiger partial charge in [-0.2, -0.15) is 0 Å². The first kappa shape index (κ1) is 14.8. The number of hydrogen-bond acceptors (Lipinski definition) is 4. The second-order valence-electron chi connectivity index (χ2n) is 4.20. The lowest BCUT2D eigenvalue weighted by molar-refractivity contribution is -0.119. The fourth-order valence-electron chi connectivity index (χ4n) is 1.45. The van der Waals surface area contributed by atoms with E-state index in [4.69, 9.17) is 15.7 Å². The van der Waals surface area contributed by atoms with Crippen molar-refractivity contribution in [2.75, 3.05) is 12.4 Å². The molecule has 0 aromatic heterocycles. The van der Waals surface area contributed by atoms with Crippen LogP contribution < -0.4 is 15.8 Å². The Hall–Kier alpha value is -2.24. The average molecular weight is 265 g/mol. The summed E-state index contributed by atoms with van der Waals surface area (Å²) < 4.78 is 5.19. The van der Waals surface area contributed by atoms with Gasteiger partial charge < -0.3 is 21.0 Å². The van der Waals surface area contributed by atoms with Crippen LogP contribution in [0.4, 0.5) is 5.69 Å². The molecule has 104 valence electrons. The minimum Gasteiger partial charge on any atom is -0.495 e. The lowest BCUT2D eigenvalue weighted by atomic mass is 10.1. The lowest BCUT2D eigenvalue weighted by Crippen LogP contribution is -2.20. The van der Waals surface area contributed by atoms with Crippen molar-refractivity contribution in [2.24, 2.45) is 16.8 Å². The van der Waals surface area contributed by atoms with E-state index < -0.39 is 0 Å². The number of benzene rings is 1. The third kappa shape index (κ3) is 3.61. The Morgan fingerprint density at radius 2 is 2.26 bits per heavy atom. The van der Waals surface area contributed by atoms with Crippen molar-refractivity contribution >= 4 is 17.4 Å². The van der Waals surface area contributed by atoms with Crippen LogP contribution in [-0.4, -0.2) is 24.1 Å². The molecular weight excluding hydrogens is 246 g/mol. The summed E-state index contributed by atoms with van der Waals surface area (Å²) in [5, 5.41) is 14.3. The molecule has 0 heterocycles. The maximum atomic E-state index is 11.8. The van der Waals surface area contributed by atoms with Gasteiger partial charge in [0.15, 0.2) is 5.84 Å². The number of hydrogen-bond donors (Lipinski definition) is 3. The predicted molar refractivity (Wildman–Crippen MR) is 73.6 cm³/mol. The number of amidine groups is 1. The summed E-state index contributed by atoms with van der Waals surface area (Å²) in [6.07, 6.45) is 0.760. The number of rotatable bonds is 5. The maximum absolute atomic E-state index is 11.8. The number of amides is 1. The van der Waals surface area contributed by atoms with Crippen LogP contribution in [0.2, 0.25) is 0 Å². The topological polar surface area (TPSA) is 96.9 Å². The molecular formula is C13H19N3O3. The molecule has 1 amide bonds. The van der Waals surface area contributed by atoms with Gasteiger partial charge in [0.05, 0.1) is 12.8 Å². The quantitative estimate of drug-likeness (QED) is 0.327. The van der Waals surface area contributed by atoms with Crippen LogP contribution in [0.15, 0.2) is 23.4 Å². The van der Waals surface area contributed by atoms with E-state index in [0.717, 1.165) is 6.42 Å². The molecule has 0 fully saturated rings. The first-order chi connectivity index (χ1) is 9.03. The Bertz CT molecular complexity index is 486. The van der Waals surface area contributed by atoms with Crippen LogP contribution in [0.1, 0.15) is 25.8 Å². The van der Waals surface area contributed by atoms with Gasteiger partial charge in [0, 0.05) is 11.5 Å². The fourth-order valence-corrected chi connectivity index (χ4v) is 1.45. The lowest BCUT2D eigenvalue weighted by Gasteiger charge is -2.14. The summed E-state index contributed by atoms with van der Waals surface area (Å²) in [5.41, 5.74) is 6.57. The first-order valence-corrected chi connectivity index (χ1v) is 6.00. The zero-order valence-electron chi connectivity index (χ0n) is 11.3. The van der Waals surface area contributed by atoms with Gasteiger partial charge in [-0.05, 0) is 24.6 Å². The number of anilines is 1. The van der Waals surface area contributed by atoms with Crippen molar-refractivity contribution in [3.63, 3.8) is 0 Å². The number of nitrogens with one attached hydrogen (secondary N) is 1. The van der Waals surface area contributed by atoms with Gasteiger partial charge in [0.25, 0.3) is 0 Å². The standard InChI is InChI=1S/C13H19N3O3/c1-4-8(2)13(17)15-10-6-5-9(12(14)16-18)7-11(10)19-3/h5-8,18H,4H2,1-3H3,(H2,14,16)(H,15,17). The van der Waals surface area contributed by atoms with Crippen LogP contribution in [0, 0.1) is 5.92 Å². The Balaban J connectivity index is 3.00. The third-order valence-corrected chi connectivity index (χ3v) is 2.92. The molecule has 1 aromatic carbocycles. The van der Waals surface area contributed by atoms with Gasteiger partial charge in [-0.3, -0.25) is 4.79 Å². The SMILES string of the molecule is CCC(C)C(=O)Nc1ccc(/C(N)=N/O)cc1OC. The molecule has 0 spiro atoms. The normalized spacial score (nSPS) is 12.9. The van der Waals surface area contributed by atoms with E-state index in [1.54, 1.807) is 18.2 Å². The number of nitrogens with two attached hydrogens (primary N) is 1. The zero-order valence-corrected chi connectivity index (χ0v) is 11.3. The van der Waals surface area contributed by atoms with Gasteiger partial charge in [-0.15, -0.1) is 0 Å². The molecule has 0 saturated heterocycles. The van der Waals surface area contributed by atoms with Crippen molar-refractivity contribution in [1.29, 1.82) is 0 Å². The van der Waals surface area contributed by atoms with E-state index in [-0.39, 0.29) is 17.7 Å². The van der Waals surface area contributed by atoms with Crippen molar-refractivity contribution < 1.29 is 14.7 Å². The number of carbonyl (C=O) groups is 1. The van der Waals surface area contributed by atoms with E-state index in [1.165, 1.54) is 7.11 Å². The minimum absolute atomic E-state index is 0.0156. The summed E-state index contributed by atoms with van der Waals surface area (Å²) in [5.74, 6) is 0.296. The maximum Gasteiger partial charge on any atom is 0.227 e. The van der Waals surface area contributed by atoms with Gasteiger partial charge in [0.1, 0.15) is 5.75 Å². The molecule has 0 aliphatic heterocycles. The Morgan fingerprint density at radius 1 is 1.58 bits per heavy atom. The van der Waals surface area contributed by atoms with Gasteiger partial charge in [0.2, 0.25) is 5.91 Å². The molecule has 6 heteroatoms. The summed E-state index contributed by atoms with van der Waals surface area (Å²) in [6, 6.07) is 4.90. The highest BCUT2D eigenvalue weighted by Gasteiger charge is 2.14. The average Bonchev–Trinajstić information content (AvgIpc) is 2.45. The predicted octanol–water partition coefficient (Wildman–Crippen LogP) is 1.77. The zero-order chi connectivity index (χ0) is 14.4. The highest BCUT2D eigenvalue weighted by molar-refractivity contribution is 5.99. The van der Waals surface area contributed by atoms with E-state index in [9.17, 15) is 4.79 Å². The molecule has 1 aromatic rings. The van der Waals surface area contributed by atoms with Crippen LogP contribution in [0.5, 0.6) is 5.75 Å². The Morgan fingerprint density at radius 3 is 2.79 bits per heavy atom. The van der Waals surface area contributed by atoms with Crippen LogP contribution in [0.25, 0.3) is 0 Å². The van der Waals surface area contributed by atoms with E-state index in [2.05, 4.69) is 10.5 Å². The number of methoxy groups -OCH3 is 1. The van der Waals surface area contributed by atoms with E-state index >= 15 is 0 Å². The molecule has 0 radical (unpaired) electrons. The molecule has 0 aliphatic rings. The minimum atomic E-state index is -0.0755. The van der Waals surface area contributed by atoms with Gasteiger partial charge >= 0.3 is 0 Å². The summed E-state index contributed by atoms with van der Waals surface area (Å²) in [4.78, 5) is 11.8. The largest absolute Gasteiger partial charge is 0.495 e. The summed E-state index contributed by atoms with van der Waals surface area (Å²) >= 11 is 0. The molecule has 0 aliphatic carbocycles. The number of ether oxygens (including phenoxy) is 1. The Kier molecular flexibility index (Phi) is 5.17. The third-order valence-electron chi connectivity index (χ3n) is 2.92. The molecule has 19 heavy (non-hydrogen) atoms. The second kappa shape index (κ2) is 6.63. The van der Waals surface area contributed by atoms with Crippen molar-refractivity contribution in [3.05, 3.63) is 23.8 Å².